The van der Waals surface area contributed by atoms with Crippen molar-refractivity contribution in [2.45, 2.75) is 38.1 Å². The van der Waals surface area contributed by atoms with Crippen LogP contribution in [0.25, 0.3) is 11.3 Å². The molecule has 166 valence electrons. The molecule has 4 rings (SSSR count). The molecule has 1 aliphatic rings. The molecular formula is C24H24F2N4O2. The van der Waals surface area contributed by atoms with Crippen LogP contribution in [0.2, 0.25) is 0 Å². The number of nitrogens with two attached hydrogens (primary N) is 1. The van der Waals surface area contributed by atoms with Crippen LogP contribution in [-0.4, -0.2) is 27.0 Å². The Morgan fingerprint density at radius 3 is 2.69 bits per heavy atom. The number of hydrogen-bond acceptors (Lipinski definition) is 5. The third-order valence-electron chi connectivity index (χ3n) is 5.81. The minimum atomic E-state index is -0.842. The van der Waals surface area contributed by atoms with Gasteiger partial charge in [0.25, 0.3) is 5.91 Å². The predicted molar refractivity (Wildman–Crippen MR) is 117 cm³/mol. The Morgan fingerprint density at radius 1 is 1.12 bits per heavy atom. The van der Waals surface area contributed by atoms with Gasteiger partial charge in [0.2, 0.25) is 0 Å². The van der Waals surface area contributed by atoms with Crippen LogP contribution in [0.4, 0.5) is 14.5 Å². The minimum Gasteiger partial charge on any atom is -0.508 e. The number of hydrogen-bond donors (Lipinski definition) is 3. The summed E-state index contributed by atoms with van der Waals surface area (Å²) in [6, 6.07) is 7.66. The Balaban J connectivity index is 1.64. The normalized spacial score (nSPS) is 20.7. The highest BCUT2D eigenvalue weighted by molar-refractivity contribution is 6.03. The highest BCUT2D eigenvalue weighted by Gasteiger charge is 2.28. The molecule has 1 saturated carbocycles. The summed E-state index contributed by atoms with van der Waals surface area (Å²) in [5.41, 5.74) is 7.08. The number of carbonyl (C=O) groups is 1. The number of nitrogens with one attached hydrogen (secondary N) is 1. The number of benzene rings is 1. The molecule has 6 nitrogen and oxygen atoms in total. The molecule has 0 aliphatic heterocycles. The van der Waals surface area contributed by atoms with Crippen LogP contribution in [0.3, 0.4) is 0 Å². The van der Waals surface area contributed by atoms with Gasteiger partial charge >= 0.3 is 0 Å². The van der Waals surface area contributed by atoms with Gasteiger partial charge in [0.15, 0.2) is 11.5 Å². The first-order chi connectivity index (χ1) is 15.3. The molecule has 0 saturated heterocycles. The predicted octanol–water partition coefficient (Wildman–Crippen LogP) is 4.61. The molecule has 1 aromatic carbocycles. The Hall–Kier alpha value is -3.39. The van der Waals surface area contributed by atoms with Crippen molar-refractivity contribution >= 4 is 11.6 Å². The number of aromatic hydroxyl groups is 1. The maximum absolute atomic E-state index is 14.5. The van der Waals surface area contributed by atoms with E-state index in [-0.39, 0.29) is 29.0 Å². The second-order valence-corrected chi connectivity index (χ2v) is 8.38. The second-order valence-electron chi connectivity index (χ2n) is 8.38. The number of phenolic OH excluding ortho intramolecular Hbond substituents is 1. The monoisotopic (exact) mass is 438 g/mol. The standard InChI is InChI=1S/C24H24F2N4O2/c1-13-8-14(10-15(27)9-13)17-6-7-28-12-22(17)30-24(32)23-20(26)4-5-21(29-23)18-11-16(31)2-3-19(18)25/h2-7,11-15,31H,8-10,27H2,1H3,(H,30,32)/t13-,14+,15+/m0/s1. The lowest BCUT2D eigenvalue weighted by Crippen LogP contribution is -2.31. The maximum Gasteiger partial charge on any atom is 0.277 e. The number of pyridine rings is 2. The summed E-state index contributed by atoms with van der Waals surface area (Å²) in [4.78, 5) is 21.0. The fourth-order valence-corrected chi connectivity index (χ4v) is 4.42. The molecule has 1 amide bonds. The average Bonchev–Trinajstić information content (AvgIpc) is 2.75. The first-order valence-electron chi connectivity index (χ1n) is 10.5. The summed E-state index contributed by atoms with van der Waals surface area (Å²) < 4.78 is 28.7. The number of phenols is 1. The van der Waals surface area contributed by atoms with E-state index in [1.165, 1.54) is 24.4 Å². The number of amides is 1. The fraction of sp³-hybridized carbons (Fsp3) is 0.292. The molecule has 3 aromatic rings. The molecular weight excluding hydrogens is 414 g/mol. The second kappa shape index (κ2) is 9.00. The van der Waals surface area contributed by atoms with Crippen molar-refractivity contribution < 1.29 is 18.7 Å². The van der Waals surface area contributed by atoms with Crippen LogP contribution >= 0.6 is 0 Å². The van der Waals surface area contributed by atoms with Crippen molar-refractivity contribution in [1.82, 2.24) is 9.97 Å². The number of carbonyl (C=O) groups excluding carboxylic acids is 1. The zero-order valence-corrected chi connectivity index (χ0v) is 17.6. The van der Waals surface area contributed by atoms with Gasteiger partial charge in [0, 0.05) is 17.8 Å². The smallest absolute Gasteiger partial charge is 0.277 e. The van der Waals surface area contributed by atoms with Crippen molar-refractivity contribution in [3.8, 4) is 17.0 Å². The van der Waals surface area contributed by atoms with E-state index in [2.05, 4.69) is 22.2 Å². The Kier molecular flexibility index (Phi) is 6.14. The van der Waals surface area contributed by atoms with Crippen LogP contribution in [0.15, 0.2) is 48.8 Å². The van der Waals surface area contributed by atoms with Gasteiger partial charge in [-0.05, 0) is 73.1 Å². The van der Waals surface area contributed by atoms with Gasteiger partial charge in [-0.25, -0.2) is 13.8 Å². The van der Waals surface area contributed by atoms with E-state index >= 15 is 0 Å². The molecule has 2 aromatic heterocycles. The largest absolute Gasteiger partial charge is 0.508 e. The lowest BCUT2D eigenvalue weighted by Gasteiger charge is -2.32. The van der Waals surface area contributed by atoms with Gasteiger partial charge < -0.3 is 16.2 Å². The Morgan fingerprint density at radius 2 is 1.91 bits per heavy atom. The van der Waals surface area contributed by atoms with Gasteiger partial charge in [0.05, 0.1) is 17.6 Å². The number of anilines is 1. The van der Waals surface area contributed by atoms with E-state index < -0.39 is 23.2 Å². The van der Waals surface area contributed by atoms with Crippen LogP contribution in [-0.2, 0) is 0 Å². The molecule has 0 spiro atoms. The van der Waals surface area contributed by atoms with Crippen LogP contribution in [0.1, 0.15) is 48.2 Å². The maximum atomic E-state index is 14.5. The van der Waals surface area contributed by atoms with Crippen molar-refractivity contribution in [3.63, 3.8) is 0 Å². The molecule has 0 radical (unpaired) electrons. The molecule has 1 aliphatic carbocycles. The van der Waals surface area contributed by atoms with Crippen molar-refractivity contribution in [2.24, 2.45) is 11.7 Å². The van der Waals surface area contributed by atoms with E-state index in [9.17, 15) is 18.7 Å². The minimum absolute atomic E-state index is 0.0310. The van der Waals surface area contributed by atoms with Gasteiger partial charge in [-0.1, -0.05) is 6.92 Å². The van der Waals surface area contributed by atoms with E-state index in [0.29, 0.717) is 11.6 Å². The van der Waals surface area contributed by atoms with Crippen molar-refractivity contribution in [3.05, 3.63) is 71.7 Å². The van der Waals surface area contributed by atoms with E-state index in [1.807, 2.05) is 6.07 Å². The van der Waals surface area contributed by atoms with E-state index in [1.54, 1.807) is 6.20 Å². The molecule has 4 N–H and O–H groups in total. The summed E-state index contributed by atoms with van der Waals surface area (Å²) in [5.74, 6) is -1.83. The number of halogens is 2. The number of aromatic nitrogens is 2. The van der Waals surface area contributed by atoms with E-state index in [0.717, 1.165) is 37.0 Å². The first kappa shape index (κ1) is 21.8. The summed E-state index contributed by atoms with van der Waals surface area (Å²) in [6.07, 6.45) is 5.85. The molecule has 2 heterocycles. The summed E-state index contributed by atoms with van der Waals surface area (Å²) in [7, 11) is 0. The first-order valence-corrected chi connectivity index (χ1v) is 10.5. The Labute approximate surface area is 184 Å². The summed E-state index contributed by atoms with van der Waals surface area (Å²) in [6.45, 7) is 2.15. The highest BCUT2D eigenvalue weighted by atomic mass is 19.1. The fourth-order valence-electron chi connectivity index (χ4n) is 4.42. The third kappa shape index (κ3) is 4.60. The molecule has 0 bridgehead atoms. The topological polar surface area (TPSA) is 101 Å². The molecule has 3 atom stereocenters. The number of nitrogens with zero attached hydrogens (tertiary/aromatic N) is 2. The Bertz CT molecular complexity index is 1140. The summed E-state index contributed by atoms with van der Waals surface area (Å²) >= 11 is 0. The van der Waals surface area contributed by atoms with Gasteiger partial charge in [0.1, 0.15) is 11.6 Å². The van der Waals surface area contributed by atoms with Gasteiger partial charge in [-0.2, -0.15) is 0 Å². The van der Waals surface area contributed by atoms with Crippen LogP contribution in [0, 0.1) is 17.6 Å². The molecule has 0 unspecified atom stereocenters. The quantitative estimate of drug-likeness (QED) is 0.552. The van der Waals surface area contributed by atoms with Crippen LogP contribution < -0.4 is 11.1 Å². The lowest BCUT2D eigenvalue weighted by atomic mass is 9.76. The molecule has 8 heteroatoms. The van der Waals surface area contributed by atoms with Crippen molar-refractivity contribution in [1.29, 1.82) is 0 Å². The van der Waals surface area contributed by atoms with Crippen molar-refractivity contribution in [2.75, 3.05) is 5.32 Å². The molecule has 32 heavy (non-hydrogen) atoms. The van der Waals surface area contributed by atoms with Gasteiger partial charge in [-0.3, -0.25) is 9.78 Å². The molecule has 1 fully saturated rings. The third-order valence-corrected chi connectivity index (χ3v) is 5.81. The summed E-state index contributed by atoms with van der Waals surface area (Å²) in [5, 5.41) is 12.4. The zero-order valence-electron chi connectivity index (χ0n) is 17.6. The highest BCUT2D eigenvalue weighted by Crippen LogP contribution is 2.38. The zero-order chi connectivity index (χ0) is 22.8. The average molecular weight is 438 g/mol. The van der Waals surface area contributed by atoms with Gasteiger partial charge in [-0.15, -0.1) is 0 Å². The van der Waals surface area contributed by atoms with E-state index in [4.69, 9.17) is 5.73 Å². The van der Waals surface area contributed by atoms with Crippen LogP contribution in [0.5, 0.6) is 5.75 Å². The number of rotatable bonds is 4. The SMILES string of the molecule is C[C@@H]1C[C@@H](N)C[C@H](c2ccncc2NC(=O)c2nc(-c3cc(O)ccc3F)ccc2F)C1. The lowest BCUT2D eigenvalue weighted by molar-refractivity contribution is 0.101.